The number of benzene rings is 2. The molecule has 0 N–H and O–H groups in total. The van der Waals surface area contributed by atoms with E-state index in [1.807, 2.05) is 6.07 Å². The minimum Gasteiger partial charge on any atom is -0.497 e. The van der Waals surface area contributed by atoms with Crippen molar-refractivity contribution in [2.75, 3.05) is 28.4 Å². The van der Waals surface area contributed by atoms with Gasteiger partial charge in [-0.1, -0.05) is 0 Å². The van der Waals surface area contributed by atoms with E-state index in [1.165, 1.54) is 0 Å². The number of methoxy groups -OCH3 is 4. The highest BCUT2D eigenvalue weighted by Gasteiger charge is 2.29. The zero-order chi connectivity index (χ0) is 17.3. The van der Waals surface area contributed by atoms with Crippen molar-refractivity contribution in [1.82, 2.24) is 0 Å². The average molecular weight is 330 g/mol. The largest absolute Gasteiger partial charge is 0.497 e. The molecule has 0 radical (unpaired) electrons. The van der Waals surface area contributed by atoms with Gasteiger partial charge in [0.25, 0.3) is 0 Å². The second-order valence-corrected chi connectivity index (χ2v) is 5.17. The van der Waals surface area contributed by atoms with Gasteiger partial charge in [0, 0.05) is 16.7 Å². The summed E-state index contributed by atoms with van der Waals surface area (Å²) in [6, 6.07) is 7.05. The van der Waals surface area contributed by atoms with E-state index in [4.69, 9.17) is 23.7 Å². The summed E-state index contributed by atoms with van der Waals surface area (Å²) in [6.45, 7) is 0.113. The Labute approximate surface area is 139 Å². The maximum atomic E-state index is 12.4. The summed E-state index contributed by atoms with van der Waals surface area (Å²) in [5.41, 5.74) is 2.64. The molecule has 0 unspecified atom stereocenters. The predicted molar refractivity (Wildman–Crippen MR) is 87.2 cm³/mol. The molecule has 1 heterocycles. The van der Waals surface area contributed by atoms with Gasteiger partial charge in [0.15, 0.2) is 11.5 Å². The van der Waals surface area contributed by atoms with Gasteiger partial charge >= 0.3 is 5.97 Å². The summed E-state index contributed by atoms with van der Waals surface area (Å²) in [5, 5.41) is 0. The quantitative estimate of drug-likeness (QED) is 0.803. The van der Waals surface area contributed by atoms with Crippen LogP contribution in [0.2, 0.25) is 0 Å². The van der Waals surface area contributed by atoms with E-state index < -0.39 is 5.97 Å². The van der Waals surface area contributed by atoms with Crippen molar-refractivity contribution >= 4 is 5.97 Å². The SMILES string of the molecule is COc1ccc2c(c1)C(=O)OCc1cc(OC)c(OC)c(OC)c1-2. The van der Waals surface area contributed by atoms with Crippen molar-refractivity contribution < 1.29 is 28.5 Å². The first-order valence-electron chi connectivity index (χ1n) is 7.32. The van der Waals surface area contributed by atoms with Crippen LogP contribution in [0.4, 0.5) is 0 Å². The first-order chi connectivity index (χ1) is 11.6. The van der Waals surface area contributed by atoms with E-state index in [2.05, 4.69) is 0 Å². The van der Waals surface area contributed by atoms with Gasteiger partial charge < -0.3 is 23.7 Å². The molecule has 1 aliphatic heterocycles. The van der Waals surface area contributed by atoms with E-state index in [-0.39, 0.29) is 6.61 Å². The number of carbonyl (C=O) groups is 1. The lowest BCUT2D eigenvalue weighted by Gasteiger charge is -2.18. The minimum absolute atomic E-state index is 0.113. The highest BCUT2D eigenvalue weighted by molar-refractivity contribution is 6.01. The fourth-order valence-corrected chi connectivity index (χ4v) is 2.87. The molecule has 3 rings (SSSR count). The maximum Gasteiger partial charge on any atom is 0.339 e. The predicted octanol–water partition coefficient (Wildman–Crippen LogP) is 3.06. The highest BCUT2D eigenvalue weighted by atomic mass is 16.5. The van der Waals surface area contributed by atoms with Crippen LogP contribution in [0.5, 0.6) is 23.0 Å². The molecule has 1 aliphatic rings. The van der Waals surface area contributed by atoms with Crippen molar-refractivity contribution in [3.8, 4) is 34.1 Å². The molecule has 0 saturated carbocycles. The van der Waals surface area contributed by atoms with Crippen LogP contribution in [0.15, 0.2) is 24.3 Å². The lowest BCUT2D eigenvalue weighted by atomic mass is 9.94. The number of cyclic esters (lactones) is 1. The molecular weight excluding hydrogens is 312 g/mol. The molecule has 0 aliphatic carbocycles. The second-order valence-electron chi connectivity index (χ2n) is 5.17. The van der Waals surface area contributed by atoms with Gasteiger partial charge in [0.1, 0.15) is 12.4 Å². The van der Waals surface area contributed by atoms with Gasteiger partial charge in [-0.15, -0.1) is 0 Å². The van der Waals surface area contributed by atoms with Crippen LogP contribution in [0, 0.1) is 0 Å². The number of fused-ring (bicyclic) bond motifs is 3. The van der Waals surface area contributed by atoms with Crippen molar-refractivity contribution in [2.45, 2.75) is 6.61 Å². The molecule has 0 spiro atoms. The van der Waals surface area contributed by atoms with Crippen LogP contribution in [0.25, 0.3) is 11.1 Å². The third-order valence-corrected chi connectivity index (χ3v) is 3.99. The molecule has 2 aromatic carbocycles. The first kappa shape index (κ1) is 16.0. The Balaban J connectivity index is 2.36. The van der Waals surface area contributed by atoms with Crippen LogP contribution >= 0.6 is 0 Å². The van der Waals surface area contributed by atoms with Gasteiger partial charge in [0.2, 0.25) is 5.75 Å². The summed E-state index contributed by atoms with van der Waals surface area (Å²) >= 11 is 0. The Morgan fingerprint density at radius 2 is 1.62 bits per heavy atom. The van der Waals surface area contributed by atoms with Crippen LogP contribution < -0.4 is 18.9 Å². The van der Waals surface area contributed by atoms with Crippen LogP contribution in [-0.2, 0) is 11.3 Å². The number of ether oxygens (including phenoxy) is 5. The lowest BCUT2D eigenvalue weighted by molar-refractivity contribution is 0.0478. The molecule has 24 heavy (non-hydrogen) atoms. The molecule has 0 bridgehead atoms. The average Bonchev–Trinajstić information content (AvgIpc) is 2.76. The minimum atomic E-state index is -0.417. The van der Waals surface area contributed by atoms with Crippen molar-refractivity contribution in [3.05, 3.63) is 35.4 Å². The topological polar surface area (TPSA) is 63.2 Å². The Morgan fingerprint density at radius 1 is 0.875 bits per heavy atom. The molecule has 6 heteroatoms. The van der Waals surface area contributed by atoms with E-state index in [1.54, 1.807) is 46.6 Å². The summed E-state index contributed by atoms with van der Waals surface area (Å²) in [6.07, 6.45) is 0. The molecule has 6 nitrogen and oxygen atoms in total. The third kappa shape index (κ3) is 2.40. The smallest absolute Gasteiger partial charge is 0.339 e. The summed E-state index contributed by atoms with van der Waals surface area (Å²) in [5.74, 6) is 1.64. The molecule has 0 amide bonds. The molecular formula is C18H18O6. The number of rotatable bonds is 4. The number of esters is 1. The third-order valence-electron chi connectivity index (χ3n) is 3.99. The summed E-state index contributed by atoms with van der Waals surface area (Å²) in [4.78, 5) is 12.4. The van der Waals surface area contributed by atoms with Gasteiger partial charge in [-0.25, -0.2) is 4.79 Å². The van der Waals surface area contributed by atoms with Crippen LogP contribution in [0.3, 0.4) is 0 Å². The van der Waals surface area contributed by atoms with E-state index in [9.17, 15) is 4.79 Å². The maximum absolute atomic E-state index is 12.4. The first-order valence-corrected chi connectivity index (χ1v) is 7.32. The monoisotopic (exact) mass is 330 g/mol. The standard InChI is InChI=1S/C18H18O6/c1-20-11-5-6-12-13(8-11)18(19)24-9-10-7-14(21-2)16(22-3)17(23-4)15(10)12/h5-8H,9H2,1-4H3. The van der Waals surface area contributed by atoms with E-state index >= 15 is 0 Å². The lowest BCUT2D eigenvalue weighted by Crippen LogP contribution is -2.03. The molecule has 0 saturated heterocycles. The van der Waals surface area contributed by atoms with Gasteiger partial charge in [-0.05, 0) is 24.3 Å². The zero-order valence-electron chi connectivity index (χ0n) is 14.0. The molecule has 126 valence electrons. The molecule has 0 aromatic heterocycles. The van der Waals surface area contributed by atoms with Crippen molar-refractivity contribution in [3.63, 3.8) is 0 Å². The summed E-state index contributed by atoms with van der Waals surface area (Å²) < 4.78 is 27.0. The fraction of sp³-hybridized carbons (Fsp3) is 0.278. The summed E-state index contributed by atoms with van der Waals surface area (Å²) in [7, 11) is 6.19. The number of hydrogen-bond donors (Lipinski definition) is 0. The van der Waals surface area contributed by atoms with Crippen molar-refractivity contribution in [1.29, 1.82) is 0 Å². The Bertz CT molecular complexity index is 797. The Morgan fingerprint density at radius 3 is 2.25 bits per heavy atom. The Kier molecular flexibility index (Phi) is 4.20. The Hall–Kier alpha value is -2.89. The second kappa shape index (κ2) is 6.31. The highest BCUT2D eigenvalue weighted by Crippen LogP contribution is 2.49. The van der Waals surface area contributed by atoms with E-state index in [0.29, 0.717) is 34.1 Å². The van der Waals surface area contributed by atoms with Crippen LogP contribution in [0.1, 0.15) is 15.9 Å². The number of carbonyl (C=O) groups excluding carboxylic acids is 1. The van der Waals surface area contributed by atoms with Crippen LogP contribution in [-0.4, -0.2) is 34.4 Å². The molecule has 0 fully saturated rings. The zero-order valence-corrected chi connectivity index (χ0v) is 14.0. The van der Waals surface area contributed by atoms with Gasteiger partial charge in [0.05, 0.1) is 34.0 Å². The van der Waals surface area contributed by atoms with Crippen molar-refractivity contribution in [2.24, 2.45) is 0 Å². The van der Waals surface area contributed by atoms with Gasteiger partial charge in [-0.3, -0.25) is 0 Å². The fourth-order valence-electron chi connectivity index (χ4n) is 2.87. The normalized spacial score (nSPS) is 12.4. The van der Waals surface area contributed by atoms with Gasteiger partial charge in [-0.2, -0.15) is 0 Å². The van der Waals surface area contributed by atoms with E-state index in [0.717, 1.165) is 11.1 Å². The number of hydrogen-bond acceptors (Lipinski definition) is 6. The molecule has 0 atom stereocenters. The molecule has 2 aromatic rings.